The predicted octanol–water partition coefficient (Wildman–Crippen LogP) is 1.94. The summed E-state index contributed by atoms with van der Waals surface area (Å²) in [5.74, 6) is -0.0579. The minimum atomic E-state index is -0.328. The molecule has 0 aromatic rings. The molecule has 0 rings (SSSR count). The highest BCUT2D eigenvalue weighted by atomic mass is 16.6. The molecule has 0 aromatic heterocycles. The zero-order valence-corrected chi connectivity index (χ0v) is 8.72. The van der Waals surface area contributed by atoms with E-state index < -0.39 is 0 Å². The van der Waals surface area contributed by atoms with Crippen molar-refractivity contribution in [3.63, 3.8) is 0 Å². The van der Waals surface area contributed by atoms with E-state index in [4.69, 9.17) is 4.74 Å². The van der Waals surface area contributed by atoms with Gasteiger partial charge in [-0.15, -0.1) is 0 Å². The molecule has 0 radical (unpaired) electrons. The van der Waals surface area contributed by atoms with E-state index in [1.807, 2.05) is 20.8 Å². The Labute approximate surface area is 74.1 Å². The molecule has 0 amide bonds. The van der Waals surface area contributed by atoms with Gasteiger partial charge in [-0.25, -0.2) is 0 Å². The van der Waals surface area contributed by atoms with Crippen LogP contribution in [0.15, 0.2) is 0 Å². The van der Waals surface area contributed by atoms with Crippen LogP contribution in [0, 0.1) is 0 Å². The van der Waals surface area contributed by atoms with Crippen LogP contribution >= 0.6 is 0 Å². The Kier molecular flexibility index (Phi) is 6.57. The van der Waals surface area contributed by atoms with Crippen molar-refractivity contribution < 1.29 is 14.3 Å². The quantitative estimate of drug-likeness (QED) is 0.527. The summed E-state index contributed by atoms with van der Waals surface area (Å²) >= 11 is 0. The van der Waals surface area contributed by atoms with Crippen LogP contribution in [0.2, 0.25) is 0 Å². The van der Waals surface area contributed by atoms with Crippen molar-refractivity contribution in [2.24, 2.45) is 0 Å². The Bertz CT molecular complexity index is 150. The van der Waals surface area contributed by atoms with E-state index in [-0.39, 0.29) is 17.4 Å². The fourth-order valence-corrected chi connectivity index (χ4v) is 0.431. The molecule has 0 aromatic carbocycles. The van der Waals surface area contributed by atoms with Gasteiger partial charge in [-0.05, 0) is 34.6 Å². The fourth-order valence-electron chi connectivity index (χ4n) is 0.431. The molecule has 0 heterocycles. The van der Waals surface area contributed by atoms with Crippen molar-refractivity contribution >= 4 is 11.8 Å². The minimum absolute atomic E-state index is 0.167. The van der Waals surface area contributed by atoms with E-state index in [9.17, 15) is 9.59 Å². The molecule has 0 aliphatic carbocycles. The average Bonchev–Trinajstić information content (AvgIpc) is 1.52. The minimum Gasteiger partial charge on any atom is -0.460 e. The number of esters is 1. The largest absolute Gasteiger partial charge is 0.460 e. The highest BCUT2D eigenvalue weighted by Crippen LogP contribution is 2.05. The number of carbonyl (C=O) groups excluding carboxylic acids is 2. The summed E-state index contributed by atoms with van der Waals surface area (Å²) in [6.07, 6.45) is 0. The second-order valence-electron chi connectivity index (χ2n) is 3.61. The molecule has 0 saturated carbocycles. The van der Waals surface area contributed by atoms with Gasteiger partial charge < -0.3 is 9.53 Å². The summed E-state index contributed by atoms with van der Waals surface area (Å²) in [7, 11) is 0. The molecule has 0 saturated heterocycles. The molecule has 0 fully saturated rings. The molecule has 3 nitrogen and oxygen atoms in total. The van der Waals surface area contributed by atoms with Crippen LogP contribution in [0.3, 0.4) is 0 Å². The molecular weight excluding hydrogens is 156 g/mol. The molecule has 0 atom stereocenters. The van der Waals surface area contributed by atoms with Gasteiger partial charge in [-0.3, -0.25) is 4.79 Å². The monoisotopic (exact) mass is 174 g/mol. The van der Waals surface area contributed by atoms with Gasteiger partial charge in [0, 0.05) is 6.92 Å². The smallest absolute Gasteiger partial charge is 0.303 e. The number of hydrogen-bond acceptors (Lipinski definition) is 3. The van der Waals surface area contributed by atoms with Crippen LogP contribution < -0.4 is 0 Å². The van der Waals surface area contributed by atoms with Gasteiger partial charge >= 0.3 is 5.97 Å². The zero-order chi connectivity index (χ0) is 10.4. The average molecular weight is 174 g/mol. The van der Waals surface area contributed by atoms with Crippen LogP contribution in [-0.2, 0) is 14.3 Å². The van der Waals surface area contributed by atoms with E-state index in [1.165, 1.54) is 20.8 Å². The first-order valence-electron chi connectivity index (χ1n) is 3.82. The van der Waals surface area contributed by atoms with E-state index in [0.29, 0.717) is 0 Å². The van der Waals surface area contributed by atoms with Crippen LogP contribution in [0.4, 0.5) is 0 Å². The van der Waals surface area contributed by atoms with Gasteiger partial charge in [-0.2, -0.15) is 0 Å². The number of hydrogen-bond donors (Lipinski definition) is 0. The lowest BCUT2D eigenvalue weighted by Crippen LogP contribution is -2.21. The molecule has 3 heteroatoms. The van der Waals surface area contributed by atoms with Crippen molar-refractivity contribution in [2.75, 3.05) is 0 Å². The first-order chi connectivity index (χ1) is 5.15. The Morgan fingerprint density at radius 1 is 1.00 bits per heavy atom. The zero-order valence-electron chi connectivity index (χ0n) is 8.72. The lowest BCUT2D eigenvalue weighted by molar-refractivity contribution is -0.151. The lowest BCUT2D eigenvalue weighted by atomic mass is 10.2. The molecule has 0 aliphatic heterocycles. The van der Waals surface area contributed by atoms with Crippen LogP contribution in [0.25, 0.3) is 0 Å². The van der Waals surface area contributed by atoms with Crippen LogP contribution in [0.1, 0.15) is 41.5 Å². The Morgan fingerprint density at radius 3 is 1.25 bits per heavy atom. The van der Waals surface area contributed by atoms with Gasteiger partial charge in [0.15, 0.2) is 0 Å². The molecule has 0 bridgehead atoms. The maximum absolute atomic E-state index is 10.2. The van der Waals surface area contributed by atoms with Gasteiger partial charge in [0.25, 0.3) is 0 Å². The fraction of sp³-hybridized carbons (Fsp3) is 0.778. The Morgan fingerprint density at radius 2 is 1.25 bits per heavy atom. The summed E-state index contributed by atoms with van der Waals surface area (Å²) in [5, 5.41) is 0. The topological polar surface area (TPSA) is 43.4 Å². The van der Waals surface area contributed by atoms with E-state index in [1.54, 1.807) is 0 Å². The molecular formula is C9H18O3. The van der Waals surface area contributed by atoms with Crippen LogP contribution in [-0.4, -0.2) is 17.4 Å². The highest BCUT2D eigenvalue weighted by Gasteiger charge is 2.11. The first-order valence-corrected chi connectivity index (χ1v) is 3.82. The van der Waals surface area contributed by atoms with Gasteiger partial charge in [0.2, 0.25) is 0 Å². The molecule has 0 N–H and O–H groups in total. The summed E-state index contributed by atoms with van der Waals surface area (Å²) in [5.41, 5.74) is -0.328. The van der Waals surface area contributed by atoms with Crippen molar-refractivity contribution in [1.29, 1.82) is 0 Å². The Hall–Kier alpha value is -0.860. The molecule has 12 heavy (non-hydrogen) atoms. The summed E-state index contributed by atoms with van der Waals surface area (Å²) in [4.78, 5) is 19.7. The Balaban J connectivity index is 0. The number of ether oxygens (including phenoxy) is 1. The van der Waals surface area contributed by atoms with Crippen molar-refractivity contribution in [2.45, 2.75) is 47.1 Å². The normalized spacial score (nSPS) is 9.50. The van der Waals surface area contributed by atoms with Gasteiger partial charge in [0.1, 0.15) is 11.4 Å². The first kappa shape index (κ1) is 13.7. The third-order valence-electron chi connectivity index (χ3n) is 0.450. The summed E-state index contributed by atoms with van der Waals surface area (Å²) < 4.78 is 4.80. The molecule has 0 spiro atoms. The van der Waals surface area contributed by atoms with Crippen molar-refractivity contribution in [1.82, 2.24) is 0 Å². The lowest BCUT2D eigenvalue weighted by Gasteiger charge is -2.17. The second kappa shape index (κ2) is 5.75. The summed E-state index contributed by atoms with van der Waals surface area (Å²) in [6.45, 7) is 9.99. The number of ketones is 1. The highest BCUT2D eigenvalue weighted by molar-refractivity contribution is 5.72. The molecule has 0 aliphatic rings. The second-order valence-corrected chi connectivity index (χ2v) is 3.61. The molecule has 72 valence electrons. The number of rotatable bonds is 0. The van der Waals surface area contributed by atoms with Crippen molar-refractivity contribution in [3.8, 4) is 0 Å². The maximum Gasteiger partial charge on any atom is 0.303 e. The standard InChI is InChI=1S/C6H12O2.C3H6O/c1-5(7)8-6(2,3)4;1-3(2)4/h1-4H3;1-2H3. The number of Topliss-reactive ketones (excluding diaryl/α,β-unsaturated/α-hetero) is 1. The third kappa shape index (κ3) is 35.3. The van der Waals surface area contributed by atoms with E-state index >= 15 is 0 Å². The summed E-state index contributed by atoms with van der Waals surface area (Å²) in [6, 6.07) is 0. The molecule has 0 unspecified atom stereocenters. The number of carbonyl (C=O) groups is 2. The van der Waals surface area contributed by atoms with Gasteiger partial charge in [-0.1, -0.05) is 0 Å². The third-order valence-corrected chi connectivity index (χ3v) is 0.450. The van der Waals surface area contributed by atoms with Gasteiger partial charge in [0.05, 0.1) is 0 Å². The predicted molar refractivity (Wildman–Crippen MR) is 47.9 cm³/mol. The van der Waals surface area contributed by atoms with E-state index in [0.717, 1.165) is 0 Å². The SMILES string of the molecule is CC(=O)OC(C)(C)C.CC(C)=O. The van der Waals surface area contributed by atoms with Crippen LogP contribution in [0.5, 0.6) is 0 Å². The van der Waals surface area contributed by atoms with Crippen molar-refractivity contribution in [3.05, 3.63) is 0 Å². The van der Waals surface area contributed by atoms with E-state index in [2.05, 4.69) is 0 Å². The maximum atomic E-state index is 10.2.